The number of nitrogens with zero attached hydrogens (tertiary/aromatic N) is 2. The molecule has 0 aromatic heterocycles. The van der Waals surface area contributed by atoms with Crippen LogP contribution < -0.4 is 9.62 Å². The smallest absolute Gasteiger partial charge is 0.264 e. The molecule has 7 nitrogen and oxygen atoms in total. The van der Waals surface area contributed by atoms with Crippen LogP contribution in [-0.4, -0.2) is 43.8 Å². The van der Waals surface area contributed by atoms with E-state index in [0.29, 0.717) is 12.1 Å². The van der Waals surface area contributed by atoms with Crippen LogP contribution in [0.2, 0.25) is 0 Å². The van der Waals surface area contributed by atoms with Crippen molar-refractivity contribution in [3.8, 4) is 0 Å². The van der Waals surface area contributed by atoms with Gasteiger partial charge in [-0.3, -0.25) is 13.9 Å². The van der Waals surface area contributed by atoms with E-state index in [4.69, 9.17) is 0 Å². The summed E-state index contributed by atoms with van der Waals surface area (Å²) in [4.78, 5) is 30.5. The summed E-state index contributed by atoms with van der Waals surface area (Å²) in [5.41, 5.74) is 4.26. The van der Waals surface area contributed by atoms with E-state index in [1.807, 2.05) is 73.7 Å². The van der Waals surface area contributed by atoms with Gasteiger partial charge in [0, 0.05) is 19.0 Å². The minimum absolute atomic E-state index is 0.0612. The van der Waals surface area contributed by atoms with Crippen LogP contribution in [0.5, 0.6) is 0 Å². The van der Waals surface area contributed by atoms with E-state index in [1.165, 1.54) is 16.4 Å². The third-order valence-electron chi connectivity index (χ3n) is 8.87. The molecule has 1 saturated carbocycles. The number of hydrogen-bond acceptors (Lipinski definition) is 4. The van der Waals surface area contributed by atoms with E-state index in [9.17, 15) is 18.0 Å². The molecule has 0 heterocycles. The highest BCUT2D eigenvalue weighted by Crippen LogP contribution is 2.27. The predicted molar refractivity (Wildman–Crippen MR) is 188 cm³/mol. The highest BCUT2D eigenvalue weighted by Gasteiger charge is 2.35. The van der Waals surface area contributed by atoms with Gasteiger partial charge < -0.3 is 10.2 Å². The number of rotatable bonds is 13. The topological polar surface area (TPSA) is 86.8 Å². The van der Waals surface area contributed by atoms with Gasteiger partial charge in [-0.1, -0.05) is 117 Å². The van der Waals surface area contributed by atoms with Crippen molar-refractivity contribution in [2.24, 2.45) is 0 Å². The maximum atomic E-state index is 14.7. The van der Waals surface area contributed by atoms with Gasteiger partial charge in [0.25, 0.3) is 10.0 Å². The number of benzene rings is 4. The maximum absolute atomic E-state index is 14.7. The molecule has 1 N–H and O–H groups in total. The molecule has 1 atom stereocenters. The third-order valence-corrected chi connectivity index (χ3v) is 10.7. The number of carbonyl (C=O) groups is 2. The minimum Gasteiger partial charge on any atom is -0.352 e. The molecule has 2 amide bonds. The van der Waals surface area contributed by atoms with Gasteiger partial charge in [-0.2, -0.15) is 0 Å². The van der Waals surface area contributed by atoms with E-state index in [0.717, 1.165) is 47.9 Å². The molecule has 4 aromatic carbocycles. The molecule has 8 heteroatoms. The molecule has 246 valence electrons. The van der Waals surface area contributed by atoms with Gasteiger partial charge in [0.2, 0.25) is 11.8 Å². The number of aryl methyl sites for hydroxylation is 1. The Morgan fingerprint density at radius 2 is 1.43 bits per heavy atom. The molecule has 0 aliphatic heterocycles. The normalized spacial score (nSPS) is 14.1. The number of carbonyl (C=O) groups excluding carboxylic acids is 2. The Kier molecular flexibility index (Phi) is 11.1. The van der Waals surface area contributed by atoms with E-state index < -0.39 is 28.5 Å². The highest BCUT2D eigenvalue weighted by molar-refractivity contribution is 7.92. The maximum Gasteiger partial charge on any atom is 0.264 e. The van der Waals surface area contributed by atoms with Gasteiger partial charge >= 0.3 is 0 Å². The van der Waals surface area contributed by atoms with Crippen LogP contribution in [0.25, 0.3) is 0 Å². The first kappa shape index (κ1) is 33.9. The first-order chi connectivity index (χ1) is 22.6. The Balaban J connectivity index is 1.56. The number of hydrogen-bond donors (Lipinski definition) is 1. The molecule has 1 aliphatic carbocycles. The fourth-order valence-electron chi connectivity index (χ4n) is 6.20. The van der Waals surface area contributed by atoms with Crippen molar-refractivity contribution in [1.29, 1.82) is 0 Å². The van der Waals surface area contributed by atoms with Crippen LogP contribution in [0.4, 0.5) is 5.69 Å². The average molecular weight is 652 g/mol. The molecular formula is C39H45N3O4S. The predicted octanol–water partition coefficient (Wildman–Crippen LogP) is 7.01. The largest absolute Gasteiger partial charge is 0.352 e. The van der Waals surface area contributed by atoms with Crippen molar-refractivity contribution >= 4 is 27.5 Å². The lowest BCUT2D eigenvalue weighted by Gasteiger charge is -2.34. The fourth-order valence-corrected chi connectivity index (χ4v) is 7.64. The second kappa shape index (κ2) is 15.4. The lowest BCUT2D eigenvalue weighted by molar-refractivity contribution is -0.140. The first-order valence-electron chi connectivity index (χ1n) is 16.5. The van der Waals surface area contributed by atoms with E-state index in [2.05, 4.69) is 19.2 Å². The SMILES string of the molecule is Cc1cccc(CN(C(=O)CN(c2ccc(C(C)C)cc2)S(=O)(=O)c2ccccc2)[C@H](Cc2ccccc2)C(=O)NC2CCCC2)c1. The number of anilines is 1. The van der Waals surface area contributed by atoms with Crippen molar-refractivity contribution in [3.05, 3.63) is 131 Å². The molecule has 0 saturated heterocycles. The number of nitrogens with one attached hydrogen (secondary N) is 1. The van der Waals surface area contributed by atoms with Gasteiger partial charge in [0.05, 0.1) is 10.6 Å². The molecule has 0 spiro atoms. The summed E-state index contributed by atoms with van der Waals surface area (Å²) in [6.07, 6.45) is 4.23. The molecule has 0 radical (unpaired) electrons. The summed E-state index contributed by atoms with van der Waals surface area (Å²) in [5, 5.41) is 3.22. The second-order valence-corrected chi connectivity index (χ2v) is 14.6. The monoisotopic (exact) mass is 651 g/mol. The lowest BCUT2D eigenvalue weighted by Crippen LogP contribution is -2.54. The molecule has 0 bridgehead atoms. The van der Waals surface area contributed by atoms with E-state index in [-0.39, 0.29) is 29.3 Å². The van der Waals surface area contributed by atoms with E-state index >= 15 is 0 Å². The van der Waals surface area contributed by atoms with Gasteiger partial charge in [0.15, 0.2) is 0 Å². The standard InChI is InChI=1S/C39H45N3O4S/c1-29(2)33-21-23-35(24-22-33)42(47(45,46)36-19-8-5-9-20-36)28-38(43)41(27-32-16-12-13-30(3)25-32)37(26-31-14-6-4-7-15-31)39(44)40-34-17-10-11-18-34/h4-9,12-16,19-25,29,34,37H,10-11,17-18,26-28H2,1-3H3,(H,40,44)/t37-/m1/s1. The summed E-state index contributed by atoms with van der Waals surface area (Å²) in [7, 11) is -4.13. The molecule has 5 rings (SSSR count). The Labute approximate surface area is 279 Å². The van der Waals surface area contributed by atoms with Crippen LogP contribution in [0, 0.1) is 6.92 Å². The molecule has 0 unspecified atom stereocenters. The summed E-state index contributed by atoms with van der Waals surface area (Å²) in [5.74, 6) is -0.422. The van der Waals surface area contributed by atoms with Crippen LogP contribution in [0.1, 0.15) is 67.7 Å². The highest BCUT2D eigenvalue weighted by atomic mass is 32.2. The summed E-state index contributed by atoms with van der Waals surface area (Å²) in [6, 6.07) is 32.2. The van der Waals surface area contributed by atoms with Gasteiger partial charge in [-0.15, -0.1) is 0 Å². The van der Waals surface area contributed by atoms with Crippen LogP contribution in [0.15, 0.2) is 114 Å². The molecule has 1 fully saturated rings. The Hall–Kier alpha value is -4.43. The Morgan fingerprint density at radius 3 is 2.04 bits per heavy atom. The van der Waals surface area contributed by atoms with Crippen LogP contribution >= 0.6 is 0 Å². The molecule has 4 aromatic rings. The molecular weight excluding hydrogens is 607 g/mol. The van der Waals surface area contributed by atoms with Crippen molar-refractivity contribution in [2.75, 3.05) is 10.8 Å². The third kappa shape index (κ3) is 8.69. The molecule has 47 heavy (non-hydrogen) atoms. The van der Waals surface area contributed by atoms with Crippen LogP contribution in [0.3, 0.4) is 0 Å². The zero-order chi connectivity index (χ0) is 33.4. The lowest BCUT2D eigenvalue weighted by atomic mass is 10.0. The van der Waals surface area contributed by atoms with Crippen molar-refractivity contribution in [1.82, 2.24) is 10.2 Å². The average Bonchev–Trinajstić information content (AvgIpc) is 3.59. The van der Waals surface area contributed by atoms with E-state index in [1.54, 1.807) is 35.2 Å². The fraction of sp³-hybridized carbons (Fsp3) is 0.333. The van der Waals surface area contributed by atoms with Gasteiger partial charge in [0.1, 0.15) is 12.6 Å². The van der Waals surface area contributed by atoms with Crippen molar-refractivity contribution < 1.29 is 18.0 Å². The van der Waals surface area contributed by atoms with Crippen molar-refractivity contribution in [3.63, 3.8) is 0 Å². The van der Waals surface area contributed by atoms with Crippen LogP contribution in [-0.2, 0) is 32.6 Å². The zero-order valence-electron chi connectivity index (χ0n) is 27.5. The quantitative estimate of drug-likeness (QED) is 0.169. The minimum atomic E-state index is -4.13. The Bertz CT molecular complexity index is 1740. The molecule has 1 aliphatic rings. The zero-order valence-corrected chi connectivity index (χ0v) is 28.3. The Morgan fingerprint density at radius 1 is 0.809 bits per heavy atom. The van der Waals surface area contributed by atoms with Crippen molar-refractivity contribution in [2.45, 2.75) is 82.3 Å². The first-order valence-corrected chi connectivity index (χ1v) is 17.9. The summed E-state index contributed by atoms with van der Waals surface area (Å²) < 4.78 is 29.6. The summed E-state index contributed by atoms with van der Waals surface area (Å²) in [6.45, 7) is 5.82. The second-order valence-electron chi connectivity index (χ2n) is 12.8. The summed E-state index contributed by atoms with van der Waals surface area (Å²) >= 11 is 0. The number of amides is 2. The number of sulfonamides is 1. The van der Waals surface area contributed by atoms with Gasteiger partial charge in [-0.25, -0.2) is 8.42 Å². The van der Waals surface area contributed by atoms with Gasteiger partial charge in [-0.05, 0) is 66.6 Å².